The summed E-state index contributed by atoms with van der Waals surface area (Å²) in [6.07, 6.45) is 1.49. The maximum atomic E-state index is 12.9. The first-order chi connectivity index (χ1) is 16.2. The molecule has 1 nitrogen and oxygen atoms in total. The Hall–Kier alpha value is -2.94. The first-order valence-electron chi connectivity index (χ1n) is 12.2. The lowest BCUT2D eigenvalue weighted by Crippen LogP contribution is -2.70. The van der Waals surface area contributed by atoms with Crippen LogP contribution in [-0.4, -0.2) is 13.2 Å². The number of hydrogen-bond acceptors (Lipinski definition) is 1. The lowest BCUT2D eigenvalue weighted by atomic mass is 9.86. The van der Waals surface area contributed by atoms with E-state index in [0.717, 1.165) is 12.0 Å². The SMILES string of the molecule is CC(C)(C)c1ccc(C(O)(CCc2ccccc2)[Si](C)(c2ccccc2)c2ccccc2)cc1. The van der Waals surface area contributed by atoms with E-state index in [1.165, 1.54) is 21.5 Å². The minimum absolute atomic E-state index is 0.0697. The van der Waals surface area contributed by atoms with Crippen LogP contribution in [0.4, 0.5) is 0 Å². The number of benzene rings is 4. The molecule has 4 aromatic carbocycles. The Morgan fingerprint density at radius 1 is 0.588 bits per heavy atom. The van der Waals surface area contributed by atoms with E-state index in [2.05, 4.69) is 137 Å². The van der Waals surface area contributed by atoms with Gasteiger partial charge < -0.3 is 5.11 Å². The van der Waals surface area contributed by atoms with E-state index < -0.39 is 13.3 Å². The quantitative estimate of drug-likeness (QED) is 0.321. The van der Waals surface area contributed by atoms with Gasteiger partial charge in [0.15, 0.2) is 8.07 Å². The molecule has 2 heteroatoms. The third kappa shape index (κ3) is 4.66. The molecule has 0 fully saturated rings. The van der Waals surface area contributed by atoms with Crippen molar-refractivity contribution in [1.29, 1.82) is 0 Å². The highest BCUT2D eigenvalue weighted by atomic mass is 28.3. The monoisotopic (exact) mass is 464 g/mol. The molecule has 34 heavy (non-hydrogen) atoms. The van der Waals surface area contributed by atoms with E-state index in [1.54, 1.807) is 0 Å². The number of aryl methyl sites for hydroxylation is 1. The number of aliphatic hydroxyl groups is 1. The summed E-state index contributed by atoms with van der Waals surface area (Å²) in [6, 6.07) is 40.6. The Morgan fingerprint density at radius 2 is 1.00 bits per heavy atom. The molecule has 0 aliphatic heterocycles. The Morgan fingerprint density at radius 3 is 1.44 bits per heavy atom. The molecule has 1 N–H and O–H groups in total. The molecule has 0 radical (unpaired) electrons. The summed E-state index contributed by atoms with van der Waals surface area (Å²) in [7, 11) is -2.66. The van der Waals surface area contributed by atoms with Crippen LogP contribution >= 0.6 is 0 Å². The molecule has 0 bridgehead atoms. The predicted octanol–water partition coefficient (Wildman–Crippen LogP) is 6.24. The predicted molar refractivity (Wildman–Crippen MR) is 148 cm³/mol. The lowest BCUT2D eigenvalue weighted by molar-refractivity contribution is 0.107. The van der Waals surface area contributed by atoms with Crippen molar-refractivity contribution in [3.63, 3.8) is 0 Å². The molecule has 0 amide bonds. The van der Waals surface area contributed by atoms with E-state index in [9.17, 15) is 5.11 Å². The second-order valence-electron chi connectivity index (χ2n) is 10.5. The molecule has 0 saturated carbocycles. The molecular formula is C32H36OSi. The Kier molecular flexibility index (Phi) is 6.93. The molecule has 0 saturated heterocycles. The van der Waals surface area contributed by atoms with Crippen LogP contribution in [0, 0.1) is 0 Å². The molecule has 4 aromatic rings. The second kappa shape index (κ2) is 9.73. The van der Waals surface area contributed by atoms with Crippen LogP contribution in [0.2, 0.25) is 6.55 Å². The van der Waals surface area contributed by atoms with Gasteiger partial charge in [0, 0.05) is 0 Å². The average molecular weight is 465 g/mol. The molecule has 0 aromatic heterocycles. The summed E-state index contributed by atoms with van der Waals surface area (Å²) in [5.41, 5.74) is 3.62. The van der Waals surface area contributed by atoms with E-state index in [4.69, 9.17) is 0 Å². The zero-order valence-corrected chi connectivity index (χ0v) is 21.8. The van der Waals surface area contributed by atoms with Gasteiger partial charge in [-0.1, -0.05) is 153 Å². The maximum Gasteiger partial charge on any atom is 0.154 e. The Bertz CT molecular complexity index is 1140. The summed E-state index contributed by atoms with van der Waals surface area (Å²) < 4.78 is 0. The van der Waals surface area contributed by atoms with Gasteiger partial charge in [-0.3, -0.25) is 0 Å². The van der Waals surface area contributed by atoms with Gasteiger partial charge in [0.2, 0.25) is 0 Å². The first-order valence-corrected chi connectivity index (χ1v) is 14.7. The Balaban J connectivity index is 1.90. The molecule has 0 aliphatic rings. The first kappa shape index (κ1) is 24.2. The van der Waals surface area contributed by atoms with Gasteiger partial charge in [-0.15, -0.1) is 0 Å². The van der Waals surface area contributed by atoms with Gasteiger partial charge >= 0.3 is 0 Å². The van der Waals surface area contributed by atoms with Crippen LogP contribution in [0.15, 0.2) is 115 Å². The summed E-state index contributed by atoms with van der Waals surface area (Å²) in [5, 5.41) is 14.4. The van der Waals surface area contributed by atoms with Crippen molar-refractivity contribution in [2.24, 2.45) is 0 Å². The van der Waals surface area contributed by atoms with Gasteiger partial charge in [-0.05, 0) is 34.9 Å². The van der Waals surface area contributed by atoms with Gasteiger partial charge in [-0.25, -0.2) is 0 Å². The van der Waals surface area contributed by atoms with Crippen LogP contribution in [0.25, 0.3) is 0 Å². The molecule has 4 rings (SSSR count). The normalized spacial score (nSPS) is 13.9. The van der Waals surface area contributed by atoms with Crippen LogP contribution < -0.4 is 10.4 Å². The minimum atomic E-state index is -2.66. The van der Waals surface area contributed by atoms with Crippen molar-refractivity contribution in [2.45, 2.75) is 50.8 Å². The van der Waals surface area contributed by atoms with E-state index >= 15 is 0 Å². The van der Waals surface area contributed by atoms with Crippen molar-refractivity contribution < 1.29 is 5.11 Å². The van der Waals surface area contributed by atoms with Crippen molar-refractivity contribution >= 4 is 18.4 Å². The van der Waals surface area contributed by atoms with Crippen molar-refractivity contribution in [3.05, 3.63) is 132 Å². The summed E-state index contributed by atoms with van der Waals surface area (Å²) >= 11 is 0. The highest BCUT2D eigenvalue weighted by Crippen LogP contribution is 2.37. The molecule has 1 atom stereocenters. The van der Waals surface area contributed by atoms with Crippen molar-refractivity contribution in [3.8, 4) is 0 Å². The molecule has 174 valence electrons. The standard InChI is InChI=1S/C32H36OSi/c1-31(2,3)27-20-22-28(23-21-27)32(33,25-24-26-14-8-5-9-15-26)34(4,29-16-10-6-11-17-29)30-18-12-7-13-19-30/h5-23,33H,24-25H2,1-4H3. The van der Waals surface area contributed by atoms with E-state index in [1.807, 2.05) is 6.07 Å². The van der Waals surface area contributed by atoms with Crippen LogP contribution in [0.5, 0.6) is 0 Å². The third-order valence-corrected chi connectivity index (χ3v) is 12.5. The lowest BCUT2D eigenvalue weighted by Gasteiger charge is -2.45. The van der Waals surface area contributed by atoms with E-state index in [0.29, 0.717) is 6.42 Å². The highest BCUT2D eigenvalue weighted by molar-refractivity contribution is 7.03. The van der Waals surface area contributed by atoms with Gasteiger partial charge in [-0.2, -0.15) is 0 Å². The average Bonchev–Trinajstić information content (AvgIpc) is 2.88. The second-order valence-corrected chi connectivity index (χ2v) is 14.8. The topological polar surface area (TPSA) is 20.2 Å². The van der Waals surface area contributed by atoms with Gasteiger partial charge in [0.1, 0.15) is 0 Å². The molecule has 0 aliphatic carbocycles. The van der Waals surface area contributed by atoms with Crippen LogP contribution in [0.3, 0.4) is 0 Å². The third-order valence-electron chi connectivity index (χ3n) is 7.38. The van der Waals surface area contributed by atoms with Crippen LogP contribution in [-0.2, 0) is 17.1 Å². The van der Waals surface area contributed by atoms with Crippen LogP contribution in [0.1, 0.15) is 43.9 Å². The zero-order valence-electron chi connectivity index (χ0n) is 20.8. The smallest absolute Gasteiger partial charge is 0.154 e. The fourth-order valence-corrected chi connectivity index (χ4v) is 9.46. The molecule has 0 spiro atoms. The van der Waals surface area contributed by atoms with E-state index in [-0.39, 0.29) is 5.41 Å². The van der Waals surface area contributed by atoms with Gasteiger partial charge in [0.05, 0.1) is 5.22 Å². The maximum absolute atomic E-state index is 12.9. The largest absolute Gasteiger partial charge is 0.388 e. The van der Waals surface area contributed by atoms with Gasteiger partial charge in [0.25, 0.3) is 0 Å². The number of rotatable bonds is 7. The number of hydrogen-bond donors (Lipinski definition) is 1. The minimum Gasteiger partial charge on any atom is -0.388 e. The fraction of sp³-hybridized carbons (Fsp3) is 0.250. The summed E-state index contributed by atoms with van der Waals surface area (Å²) in [6.45, 7) is 9.03. The molecule has 0 heterocycles. The molecule has 1 unspecified atom stereocenters. The Labute approximate surface area is 206 Å². The highest BCUT2D eigenvalue weighted by Gasteiger charge is 2.52. The summed E-state index contributed by atoms with van der Waals surface area (Å²) in [5.74, 6) is 0. The fourth-order valence-electron chi connectivity index (χ4n) is 5.09. The van der Waals surface area contributed by atoms with Crippen molar-refractivity contribution in [1.82, 2.24) is 0 Å². The summed E-state index contributed by atoms with van der Waals surface area (Å²) in [4.78, 5) is 0. The van der Waals surface area contributed by atoms with Crippen molar-refractivity contribution in [2.75, 3.05) is 0 Å². The molecular weight excluding hydrogens is 428 g/mol. The zero-order chi connectivity index (χ0) is 24.2.